The van der Waals surface area contributed by atoms with Crippen LogP contribution >= 0.6 is 11.8 Å². The lowest BCUT2D eigenvalue weighted by atomic mass is 10.1. The Morgan fingerprint density at radius 3 is 2.55 bits per heavy atom. The molecule has 0 radical (unpaired) electrons. The van der Waals surface area contributed by atoms with Crippen LogP contribution in [0.4, 0.5) is 0 Å². The number of rotatable bonds is 7. The van der Waals surface area contributed by atoms with Crippen molar-refractivity contribution < 1.29 is 13.2 Å². The summed E-state index contributed by atoms with van der Waals surface area (Å²) in [6.45, 7) is 5.85. The maximum atomic E-state index is 12.4. The summed E-state index contributed by atoms with van der Waals surface area (Å²) >= 11 is 1.36. The van der Waals surface area contributed by atoms with Crippen molar-refractivity contribution in [2.75, 3.05) is 14.1 Å². The van der Waals surface area contributed by atoms with Crippen LogP contribution in [0.2, 0.25) is 0 Å². The molecule has 2 aromatic heterocycles. The van der Waals surface area contributed by atoms with Gasteiger partial charge in [-0.25, -0.2) is 22.7 Å². The van der Waals surface area contributed by atoms with Crippen molar-refractivity contribution in [2.45, 2.75) is 43.0 Å². The minimum absolute atomic E-state index is 0.130. The molecule has 1 aromatic carbocycles. The summed E-state index contributed by atoms with van der Waals surface area (Å²) in [7, 11) is -0.571. The number of thioether (sulfide) groups is 1. The molecule has 0 amide bonds. The number of pyridine rings is 1. The predicted molar refractivity (Wildman–Crippen MR) is 120 cm³/mol. The van der Waals surface area contributed by atoms with Crippen LogP contribution in [0.3, 0.4) is 0 Å². The number of fused-ring (bicyclic) bond motifs is 1. The Morgan fingerprint density at radius 2 is 1.97 bits per heavy atom. The first-order chi connectivity index (χ1) is 14.6. The molecule has 0 atom stereocenters. The maximum absolute atomic E-state index is 12.4. The summed E-state index contributed by atoms with van der Waals surface area (Å²) in [5, 5.41) is 10.0. The standard InChI is InChI=1S/C21H23N5O3S2/c1-6-26-19-8-7-16(31(28,29)25(4)5)10-18(19)24-20(26)12-30-21-15(11-22)9-17(14(3)27)13(2)23-21/h7-10H,6,12H2,1-5H3. The lowest BCUT2D eigenvalue weighted by molar-refractivity contribution is 0.101. The fourth-order valence-electron chi connectivity index (χ4n) is 3.26. The van der Waals surface area contributed by atoms with Crippen LogP contribution in [-0.2, 0) is 22.3 Å². The van der Waals surface area contributed by atoms with Gasteiger partial charge in [0.15, 0.2) is 5.78 Å². The van der Waals surface area contributed by atoms with Gasteiger partial charge in [0, 0.05) is 31.9 Å². The molecule has 8 nitrogen and oxygen atoms in total. The zero-order valence-corrected chi connectivity index (χ0v) is 19.6. The summed E-state index contributed by atoms with van der Waals surface area (Å²) in [4.78, 5) is 21.0. The van der Waals surface area contributed by atoms with Gasteiger partial charge in [0.2, 0.25) is 10.0 Å². The van der Waals surface area contributed by atoms with Crippen LogP contribution in [0.5, 0.6) is 0 Å². The largest absolute Gasteiger partial charge is 0.328 e. The highest BCUT2D eigenvalue weighted by molar-refractivity contribution is 7.98. The Bertz CT molecular complexity index is 1320. The zero-order chi connectivity index (χ0) is 22.9. The van der Waals surface area contributed by atoms with Crippen molar-refractivity contribution in [1.29, 1.82) is 5.26 Å². The Labute approximate surface area is 186 Å². The average Bonchev–Trinajstić information content (AvgIpc) is 3.08. The van der Waals surface area contributed by atoms with Gasteiger partial charge in [0.1, 0.15) is 16.9 Å². The molecule has 3 rings (SSSR count). The smallest absolute Gasteiger partial charge is 0.242 e. The molecule has 0 bridgehead atoms. The molecule has 2 heterocycles. The van der Waals surface area contributed by atoms with Crippen molar-refractivity contribution in [3.05, 3.63) is 46.9 Å². The number of hydrogen-bond donors (Lipinski definition) is 0. The highest BCUT2D eigenvalue weighted by Crippen LogP contribution is 2.29. The minimum Gasteiger partial charge on any atom is -0.328 e. The summed E-state index contributed by atoms with van der Waals surface area (Å²) in [5.74, 6) is 1.06. The Balaban J connectivity index is 1.98. The third-order valence-electron chi connectivity index (χ3n) is 4.91. The number of benzene rings is 1. The molecule has 0 aliphatic heterocycles. The second-order valence-electron chi connectivity index (χ2n) is 7.14. The molecule has 3 aromatic rings. The maximum Gasteiger partial charge on any atom is 0.242 e. The third kappa shape index (κ3) is 4.35. The van der Waals surface area contributed by atoms with Crippen molar-refractivity contribution in [2.24, 2.45) is 0 Å². The fourth-order valence-corrected chi connectivity index (χ4v) is 5.13. The number of ketones is 1. The average molecular weight is 458 g/mol. The van der Waals surface area contributed by atoms with Crippen molar-refractivity contribution in [3.63, 3.8) is 0 Å². The fraction of sp³-hybridized carbons (Fsp3) is 0.333. The van der Waals surface area contributed by atoms with Gasteiger partial charge < -0.3 is 4.57 Å². The first kappa shape index (κ1) is 22.9. The molecule has 0 unspecified atom stereocenters. The van der Waals surface area contributed by atoms with E-state index in [2.05, 4.69) is 16.0 Å². The zero-order valence-electron chi connectivity index (χ0n) is 18.0. The number of Topliss-reactive ketones (excluding diaryl/α,β-unsaturated/α-hetero) is 1. The van der Waals surface area contributed by atoms with Crippen molar-refractivity contribution in [3.8, 4) is 6.07 Å². The van der Waals surface area contributed by atoms with Gasteiger partial charge in [0.25, 0.3) is 0 Å². The molecule has 31 heavy (non-hydrogen) atoms. The Kier molecular flexibility index (Phi) is 6.50. The molecule has 0 fully saturated rings. The Morgan fingerprint density at radius 1 is 1.26 bits per heavy atom. The van der Waals surface area contributed by atoms with E-state index in [1.54, 1.807) is 31.2 Å². The highest BCUT2D eigenvalue weighted by atomic mass is 32.2. The predicted octanol–water partition coefficient (Wildman–Crippen LogP) is 3.38. The monoisotopic (exact) mass is 457 g/mol. The summed E-state index contributed by atoms with van der Waals surface area (Å²) in [6.07, 6.45) is 0. The van der Waals surface area contributed by atoms with Crippen LogP contribution in [0.25, 0.3) is 11.0 Å². The van der Waals surface area contributed by atoms with Gasteiger partial charge in [-0.1, -0.05) is 11.8 Å². The van der Waals surface area contributed by atoms with E-state index >= 15 is 0 Å². The van der Waals surface area contributed by atoms with Crippen LogP contribution < -0.4 is 0 Å². The summed E-state index contributed by atoms with van der Waals surface area (Å²) in [6, 6.07) is 8.62. The van der Waals surface area contributed by atoms with E-state index in [1.165, 1.54) is 37.1 Å². The first-order valence-electron chi connectivity index (χ1n) is 9.57. The van der Waals surface area contributed by atoms with Crippen molar-refractivity contribution in [1.82, 2.24) is 18.8 Å². The molecular weight excluding hydrogens is 434 g/mol. The molecule has 0 saturated heterocycles. The lowest BCUT2D eigenvalue weighted by Gasteiger charge is -2.11. The second kappa shape index (κ2) is 8.78. The van der Waals surface area contributed by atoms with Gasteiger partial charge in [-0.3, -0.25) is 4.79 Å². The van der Waals surface area contributed by atoms with E-state index in [0.717, 1.165) is 11.3 Å². The van der Waals surface area contributed by atoms with Crippen LogP contribution in [0, 0.1) is 18.3 Å². The number of sulfonamides is 1. The normalized spacial score (nSPS) is 11.8. The topological polar surface area (TPSA) is 109 Å². The number of carbonyl (C=O) groups is 1. The van der Waals surface area contributed by atoms with Crippen molar-refractivity contribution >= 4 is 38.6 Å². The quantitative estimate of drug-likeness (QED) is 0.395. The number of aryl methyl sites for hydroxylation is 2. The molecular formula is C21H23N5O3S2. The molecule has 0 N–H and O–H groups in total. The van der Waals surface area contributed by atoms with Gasteiger partial charge in [-0.2, -0.15) is 5.26 Å². The van der Waals surface area contributed by atoms with E-state index in [1.807, 2.05) is 11.5 Å². The minimum atomic E-state index is -3.55. The van der Waals surface area contributed by atoms with E-state index < -0.39 is 10.0 Å². The number of nitriles is 1. The lowest BCUT2D eigenvalue weighted by Crippen LogP contribution is -2.22. The van der Waals surface area contributed by atoms with Crippen LogP contribution in [0.1, 0.15) is 41.3 Å². The van der Waals surface area contributed by atoms with Gasteiger partial charge in [0.05, 0.1) is 27.2 Å². The van der Waals surface area contributed by atoms with E-state index in [4.69, 9.17) is 0 Å². The SMILES string of the molecule is CCn1c(CSc2nc(C)c(C(C)=O)cc2C#N)nc2cc(S(=O)(=O)N(C)C)ccc21. The molecule has 0 aliphatic rings. The second-order valence-corrected chi connectivity index (χ2v) is 10.3. The number of hydrogen-bond acceptors (Lipinski definition) is 7. The van der Waals surface area contributed by atoms with Gasteiger partial charge >= 0.3 is 0 Å². The number of carbonyl (C=O) groups excluding carboxylic acids is 1. The van der Waals surface area contributed by atoms with E-state index in [0.29, 0.717) is 39.7 Å². The number of nitrogens with zero attached hydrogens (tertiary/aromatic N) is 5. The van der Waals surface area contributed by atoms with Gasteiger partial charge in [-0.05, 0) is 45.0 Å². The first-order valence-corrected chi connectivity index (χ1v) is 12.0. The number of aromatic nitrogens is 3. The molecule has 0 spiro atoms. The molecule has 0 saturated carbocycles. The van der Waals surface area contributed by atoms with Gasteiger partial charge in [-0.15, -0.1) is 0 Å². The molecule has 0 aliphatic carbocycles. The highest BCUT2D eigenvalue weighted by Gasteiger charge is 2.20. The van der Waals surface area contributed by atoms with Crippen LogP contribution in [-0.4, -0.2) is 47.1 Å². The number of imidazole rings is 1. The molecule has 10 heteroatoms. The Hall–Kier alpha value is -2.74. The third-order valence-corrected chi connectivity index (χ3v) is 7.71. The molecule has 162 valence electrons. The summed E-state index contributed by atoms with van der Waals surface area (Å²) in [5.41, 5.74) is 2.80. The van der Waals surface area contributed by atoms with Crippen LogP contribution in [0.15, 0.2) is 34.2 Å². The van der Waals surface area contributed by atoms with E-state index in [-0.39, 0.29) is 10.7 Å². The van der Waals surface area contributed by atoms with E-state index in [9.17, 15) is 18.5 Å². The summed E-state index contributed by atoms with van der Waals surface area (Å²) < 4.78 is 28.1.